The minimum Gasteiger partial charge on any atom is -0.467 e. The highest BCUT2D eigenvalue weighted by Gasteiger charge is 2.25. The number of carbonyl (C=O) groups excluding carboxylic acids is 2. The molecule has 0 aliphatic heterocycles. The minimum atomic E-state index is -0.691. The van der Waals surface area contributed by atoms with Crippen molar-refractivity contribution in [2.75, 3.05) is 0 Å². The quantitative estimate of drug-likeness (QED) is 0.778. The van der Waals surface area contributed by atoms with E-state index in [4.69, 9.17) is 4.42 Å². The van der Waals surface area contributed by atoms with Crippen LogP contribution < -0.4 is 16.0 Å². The van der Waals surface area contributed by atoms with Crippen LogP contribution in [0.2, 0.25) is 0 Å². The van der Waals surface area contributed by atoms with Gasteiger partial charge in [0.15, 0.2) is 0 Å². The molecule has 1 aliphatic carbocycles. The monoisotopic (exact) mass is 345 g/mol. The van der Waals surface area contributed by atoms with Crippen molar-refractivity contribution in [3.8, 4) is 0 Å². The number of rotatable bonds is 5. The van der Waals surface area contributed by atoms with E-state index in [0.717, 1.165) is 17.5 Å². The van der Waals surface area contributed by atoms with Gasteiger partial charge >= 0.3 is 6.03 Å². The third kappa shape index (κ3) is 4.17. The Bertz CT molecular complexity index is 761. The van der Waals surface area contributed by atoms with Gasteiger partial charge in [0.2, 0.25) is 5.91 Å². The molecule has 1 aliphatic rings. The van der Waals surface area contributed by atoms with Gasteiger partial charge in [-0.05, 0) is 55.2 Å². The summed E-state index contributed by atoms with van der Waals surface area (Å²) in [5.74, 6) is 0.0611. The highest BCUT2D eigenvalue weighted by Crippen LogP contribution is 2.31. The number of furan rings is 1. The second-order valence-electron chi connectivity index (χ2n) is 6.07. The van der Waals surface area contributed by atoms with Crippen molar-refractivity contribution in [2.45, 2.75) is 38.4 Å². The lowest BCUT2D eigenvalue weighted by molar-refractivity contribution is -0.122. The molecule has 3 N–H and O–H groups in total. The molecule has 1 heterocycles. The van der Waals surface area contributed by atoms with Gasteiger partial charge in [-0.15, -0.1) is 0 Å². The molecule has 0 spiro atoms. The lowest BCUT2D eigenvalue weighted by Gasteiger charge is -2.18. The summed E-state index contributed by atoms with van der Waals surface area (Å²) in [5.41, 5.74) is 1.83. The lowest BCUT2D eigenvalue weighted by atomic mass is 10.1. The molecule has 0 radical (unpaired) electrons. The van der Waals surface area contributed by atoms with Crippen molar-refractivity contribution in [2.24, 2.45) is 0 Å². The molecule has 2 unspecified atom stereocenters. The van der Waals surface area contributed by atoms with Crippen LogP contribution in [0.1, 0.15) is 36.3 Å². The van der Waals surface area contributed by atoms with Crippen molar-refractivity contribution in [3.05, 3.63) is 59.3 Å². The van der Waals surface area contributed by atoms with Gasteiger partial charge in [0.1, 0.15) is 17.6 Å². The summed E-state index contributed by atoms with van der Waals surface area (Å²) in [6, 6.07) is 6.79. The van der Waals surface area contributed by atoms with Crippen molar-refractivity contribution >= 4 is 11.9 Å². The highest BCUT2D eigenvalue weighted by molar-refractivity contribution is 5.86. The molecule has 3 amide bonds. The molecule has 3 rings (SSSR count). The smallest absolute Gasteiger partial charge is 0.315 e. The summed E-state index contributed by atoms with van der Waals surface area (Å²) in [6.07, 6.45) is 2.96. The van der Waals surface area contributed by atoms with E-state index < -0.39 is 12.1 Å². The Hall–Kier alpha value is -2.83. The molecule has 1 aromatic carbocycles. The Balaban J connectivity index is 1.48. The lowest BCUT2D eigenvalue weighted by Crippen LogP contribution is -2.48. The first-order valence-corrected chi connectivity index (χ1v) is 8.18. The van der Waals surface area contributed by atoms with Crippen LogP contribution in [0, 0.1) is 5.82 Å². The first kappa shape index (κ1) is 17.0. The Kier molecular flexibility index (Phi) is 5.02. The number of benzene rings is 1. The maximum atomic E-state index is 13.2. The van der Waals surface area contributed by atoms with Gasteiger partial charge in [-0.3, -0.25) is 4.79 Å². The molecule has 2 atom stereocenters. The predicted molar refractivity (Wildman–Crippen MR) is 89.1 cm³/mol. The molecule has 25 heavy (non-hydrogen) atoms. The summed E-state index contributed by atoms with van der Waals surface area (Å²) in [7, 11) is 0. The van der Waals surface area contributed by atoms with Crippen molar-refractivity contribution in [1.29, 1.82) is 0 Å². The summed E-state index contributed by atoms with van der Waals surface area (Å²) in [6.45, 7) is 1.87. The summed E-state index contributed by atoms with van der Waals surface area (Å²) < 4.78 is 18.4. The Morgan fingerprint density at radius 2 is 2.20 bits per heavy atom. The molecule has 0 saturated heterocycles. The Morgan fingerprint density at radius 1 is 1.36 bits per heavy atom. The number of amides is 3. The van der Waals surface area contributed by atoms with Crippen LogP contribution in [0.5, 0.6) is 0 Å². The number of hydrogen-bond acceptors (Lipinski definition) is 3. The molecular formula is C18H20FN3O3. The number of urea groups is 1. The normalized spacial score (nSPS) is 16.8. The zero-order chi connectivity index (χ0) is 17.8. The van der Waals surface area contributed by atoms with Gasteiger partial charge in [-0.1, -0.05) is 6.07 Å². The van der Waals surface area contributed by atoms with Gasteiger partial charge in [0.25, 0.3) is 0 Å². The largest absolute Gasteiger partial charge is 0.467 e. The molecule has 2 aromatic rings. The van der Waals surface area contributed by atoms with E-state index in [1.165, 1.54) is 18.4 Å². The first-order valence-electron chi connectivity index (χ1n) is 8.18. The van der Waals surface area contributed by atoms with Crippen molar-refractivity contribution < 1.29 is 18.4 Å². The molecule has 0 bridgehead atoms. The number of hydrogen-bond donors (Lipinski definition) is 3. The average Bonchev–Trinajstić information content (AvgIpc) is 3.22. The van der Waals surface area contributed by atoms with Crippen molar-refractivity contribution in [3.63, 3.8) is 0 Å². The molecule has 0 fully saturated rings. The van der Waals surface area contributed by atoms with E-state index in [2.05, 4.69) is 16.0 Å². The van der Waals surface area contributed by atoms with Crippen LogP contribution >= 0.6 is 0 Å². The molecule has 6 nitrogen and oxygen atoms in total. The van der Waals surface area contributed by atoms with E-state index >= 15 is 0 Å². The first-order chi connectivity index (χ1) is 12.0. The predicted octanol–water partition coefficient (Wildman–Crippen LogP) is 2.41. The Morgan fingerprint density at radius 3 is 2.96 bits per heavy atom. The van der Waals surface area contributed by atoms with Crippen LogP contribution in [-0.2, 0) is 17.8 Å². The van der Waals surface area contributed by atoms with Crippen LogP contribution in [0.3, 0.4) is 0 Å². The standard InChI is InChI=1S/C18H20FN3O3/c1-11(17(23)20-10-14-3-2-8-25-14)21-18(24)22-16-7-4-12-9-13(19)5-6-15(12)16/h2-3,5-6,8-9,11,16H,4,7,10H2,1H3,(H,20,23)(H2,21,22,24). The number of aryl methyl sites for hydroxylation is 1. The van der Waals surface area contributed by atoms with Crippen LogP contribution in [0.15, 0.2) is 41.0 Å². The molecule has 132 valence electrons. The molecule has 7 heteroatoms. The van der Waals surface area contributed by atoms with Gasteiger partial charge in [-0.2, -0.15) is 0 Å². The zero-order valence-electron chi connectivity index (χ0n) is 13.8. The summed E-state index contributed by atoms with van der Waals surface area (Å²) in [4.78, 5) is 24.1. The third-order valence-electron chi connectivity index (χ3n) is 4.25. The number of nitrogens with one attached hydrogen (secondary N) is 3. The van der Waals surface area contributed by atoms with E-state index in [1.54, 1.807) is 25.1 Å². The van der Waals surface area contributed by atoms with Gasteiger partial charge in [-0.25, -0.2) is 9.18 Å². The van der Waals surface area contributed by atoms with E-state index in [0.29, 0.717) is 12.2 Å². The van der Waals surface area contributed by atoms with E-state index in [-0.39, 0.29) is 24.3 Å². The van der Waals surface area contributed by atoms with Crippen LogP contribution in [0.4, 0.5) is 9.18 Å². The summed E-state index contributed by atoms with van der Waals surface area (Å²) >= 11 is 0. The second-order valence-corrected chi connectivity index (χ2v) is 6.07. The second kappa shape index (κ2) is 7.38. The highest BCUT2D eigenvalue weighted by atomic mass is 19.1. The molecule has 0 saturated carbocycles. The maximum Gasteiger partial charge on any atom is 0.315 e. The van der Waals surface area contributed by atoms with E-state index in [9.17, 15) is 14.0 Å². The van der Waals surface area contributed by atoms with Crippen LogP contribution in [0.25, 0.3) is 0 Å². The van der Waals surface area contributed by atoms with Crippen molar-refractivity contribution in [1.82, 2.24) is 16.0 Å². The number of halogens is 1. The van der Waals surface area contributed by atoms with Gasteiger partial charge in [0.05, 0.1) is 18.8 Å². The van der Waals surface area contributed by atoms with Gasteiger partial charge < -0.3 is 20.4 Å². The number of fused-ring (bicyclic) bond motifs is 1. The van der Waals surface area contributed by atoms with E-state index in [1.807, 2.05) is 0 Å². The molecule has 1 aromatic heterocycles. The Labute approximate surface area is 144 Å². The average molecular weight is 345 g/mol. The van der Waals surface area contributed by atoms with Gasteiger partial charge in [0, 0.05) is 0 Å². The fraction of sp³-hybridized carbons (Fsp3) is 0.333. The SMILES string of the molecule is CC(NC(=O)NC1CCc2cc(F)ccc21)C(=O)NCc1ccco1. The third-order valence-corrected chi connectivity index (χ3v) is 4.25. The number of carbonyl (C=O) groups is 2. The topological polar surface area (TPSA) is 83.4 Å². The summed E-state index contributed by atoms with van der Waals surface area (Å²) in [5, 5.41) is 8.14. The fourth-order valence-corrected chi connectivity index (χ4v) is 2.94. The molecular weight excluding hydrogens is 325 g/mol. The minimum absolute atomic E-state index is 0.172. The maximum absolute atomic E-state index is 13.2. The fourth-order valence-electron chi connectivity index (χ4n) is 2.94. The zero-order valence-corrected chi connectivity index (χ0v) is 13.8. The van der Waals surface area contributed by atoms with Crippen LogP contribution in [-0.4, -0.2) is 18.0 Å².